The van der Waals surface area contributed by atoms with Crippen molar-refractivity contribution in [1.82, 2.24) is 9.97 Å². The Hall–Kier alpha value is -0.870. The lowest BCUT2D eigenvalue weighted by molar-refractivity contribution is 1.24. The van der Waals surface area contributed by atoms with Gasteiger partial charge in [0.05, 0.1) is 20.4 Å². The summed E-state index contributed by atoms with van der Waals surface area (Å²) >= 11 is 20.1. The van der Waals surface area contributed by atoms with Crippen molar-refractivity contribution >= 4 is 57.0 Å². The van der Waals surface area contributed by atoms with E-state index in [1.54, 1.807) is 6.07 Å². The van der Waals surface area contributed by atoms with E-state index in [-0.39, 0.29) is 0 Å². The molecule has 19 heavy (non-hydrogen) atoms. The Labute approximate surface area is 129 Å². The molecule has 0 atom stereocenters. The van der Waals surface area contributed by atoms with Crippen molar-refractivity contribution in [2.45, 2.75) is 6.92 Å². The maximum absolute atomic E-state index is 6.24. The van der Waals surface area contributed by atoms with Gasteiger partial charge in [0.25, 0.3) is 0 Å². The summed E-state index contributed by atoms with van der Waals surface area (Å²) in [5, 5.41) is 4.29. The lowest BCUT2D eigenvalue weighted by Gasteiger charge is -2.04. The van der Waals surface area contributed by atoms with Crippen LogP contribution in [-0.2, 0) is 0 Å². The number of aryl methyl sites for hydroxylation is 1. The highest BCUT2D eigenvalue weighted by molar-refractivity contribution is 7.14. The van der Waals surface area contributed by atoms with Crippen LogP contribution in [0.15, 0.2) is 23.6 Å². The van der Waals surface area contributed by atoms with E-state index < -0.39 is 0 Å². The molecule has 0 aliphatic carbocycles. The third kappa shape index (κ3) is 2.21. The largest absolute Gasteiger partial charge is 0.226 e. The molecule has 0 bridgehead atoms. The fourth-order valence-corrected chi connectivity index (χ4v) is 3.42. The number of hydrogen-bond donors (Lipinski definition) is 0. The molecule has 0 amide bonds. The van der Waals surface area contributed by atoms with Gasteiger partial charge in [-0.1, -0.05) is 40.9 Å². The third-order valence-electron chi connectivity index (χ3n) is 2.73. The molecule has 0 saturated carbocycles. The number of fused-ring (bicyclic) bond motifs is 1. The second-order valence-electron chi connectivity index (χ2n) is 4.04. The highest BCUT2D eigenvalue weighted by atomic mass is 35.5. The first-order valence-electron chi connectivity index (χ1n) is 5.43. The van der Waals surface area contributed by atoms with E-state index >= 15 is 0 Å². The van der Waals surface area contributed by atoms with Crippen LogP contribution in [0.2, 0.25) is 15.2 Å². The fraction of sp³-hybridized carbons (Fsp3) is 0.0769. The van der Waals surface area contributed by atoms with E-state index in [2.05, 4.69) is 9.97 Å². The summed E-state index contributed by atoms with van der Waals surface area (Å²) < 4.78 is 0. The third-order valence-corrected chi connectivity index (χ3v) is 5.02. The molecule has 0 saturated heterocycles. The van der Waals surface area contributed by atoms with E-state index in [0.717, 1.165) is 15.8 Å². The van der Waals surface area contributed by atoms with Crippen LogP contribution in [0.4, 0.5) is 0 Å². The second kappa shape index (κ2) is 4.91. The summed E-state index contributed by atoms with van der Waals surface area (Å²) in [5.74, 6) is 0.508. The minimum absolute atomic E-state index is 0.379. The molecule has 3 aromatic rings. The zero-order chi connectivity index (χ0) is 13.6. The van der Waals surface area contributed by atoms with Crippen LogP contribution in [0.5, 0.6) is 0 Å². The summed E-state index contributed by atoms with van der Waals surface area (Å²) in [6, 6.07) is 5.44. The average Bonchev–Trinajstić information content (AvgIpc) is 2.71. The monoisotopic (exact) mass is 328 g/mol. The van der Waals surface area contributed by atoms with Gasteiger partial charge in [0.1, 0.15) is 5.15 Å². The van der Waals surface area contributed by atoms with Crippen molar-refractivity contribution in [3.63, 3.8) is 0 Å². The molecular formula is C13H7Cl3N2S. The minimum Gasteiger partial charge on any atom is -0.226 e. The predicted molar refractivity (Wildman–Crippen MR) is 82.6 cm³/mol. The van der Waals surface area contributed by atoms with Gasteiger partial charge >= 0.3 is 0 Å². The fourth-order valence-electron chi connectivity index (χ4n) is 1.76. The van der Waals surface area contributed by atoms with Crippen LogP contribution in [0.1, 0.15) is 5.56 Å². The van der Waals surface area contributed by atoms with Gasteiger partial charge in [-0.2, -0.15) is 0 Å². The summed E-state index contributed by atoms with van der Waals surface area (Å²) in [6.45, 7) is 1.94. The number of para-hydroxylation sites is 1. The number of nitrogens with zero attached hydrogens (tertiary/aromatic N) is 2. The first-order valence-corrected chi connectivity index (χ1v) is 7.45. The highest BCUT2D eigenvalue weighted by Gasteiger charge is 2.15. The summed E-state index contributed by atoms with van der Waals surface area (Å²) in [4.78, 5) is 9.60. The zero-order valence-electron chi connectivity index (χ0n) is 9.75. The quantitative estimate of drug-likeness (QED) is 0.541. The van der Waals surface area contributed by atoms with Crippen LogP contribution in [-0.4, -0.2) is 9.97 Å². The van der Waals surface area contributed by atoms with Crippen molar-refractivity contribution in [3.05, 3.63) is 44.3 Å². The molecule has 2 aromatic heterocycles. The summed E-state index contributed by atoms with van der Waals surface area (Å²) in [7, 11) is 0. The van der Waals surface area contributed by atoms with Crippen molar-refractivity contribution in [3.8, 4) is 10.7 Å². The van der Waals surface area contributed by atoms with Crippen molar-refractivity contribution in [2.24, 2.45) is 0 Å². The zero-order valence-corrected chi connectivity index (χ0v) is 12.8. The van der Waals surface area contributed by atoms with Crippen LogP contribution < -0.4 is 0 Å². The maximum Gasteiger partial charge on any atom is 0.173 e. The lowest BCUT2D eigenvalue weighted by Crippen LogP contribution is -1.91. The van der Waals surface area contributed by atoms with Crippen LogP contribution >= 0.6 is 46.1 Å². The van der Waals surface area contributed by atoms with E-state index in [0.29, 0.717) is 26.5 Å². The van der Waals surface area contributed by atoms with Gasteiger partial charge in [0, 0.05) is 5.39 Å². The van der Waals surface area contributed by atoms with Crippen LogP contribution in [0.25, 0.3) is 21.6 Å². The average molecular weight is 330 g/mol. The molecule has 2 heterocycles. The molecular weight excluding hydrogens is 323 g/mol. The smallest absolute Gasteiger partial charge is 0.173 e. The van der Waals surface area contributed by atoms with Gasteiger partial charge in [0.15, 0.2) is 5.82 Å². The van der Waals surface area contributed by atoms with Gasteiger partial charge in [-0.05, 0) is 30.0 Å². The summed E-state index contributed by atoms with van der Waals surface area (Å²) in [5.41, 5.74) is 1.64. The molecule has 0 unspecified atom stereocenters. The number of rotatable bonds is 1. The topological polar surface area (TPSA) is 25.8 Å². The molecule has 6 heteroatoms. The molecule has 96 valence electrons. The van der Waals surface area contributed by atoms with E-state index in [1.165, 1.54) is 11.3 Å². The second-order valence-corrected chi connectivity index (χ2v) is 6.06. The van der Waals surface area contributed by atoms with Crippen LogP contribution in [0, 0.1) is 6.92 Å². The standard InChI is InChI=1S/C13H7Cl3N2S/c1-6-5-19-11(9(6)15)13-17-10-7(12(16)18-13)3-2-4-8(10)14/h2-5H,1H3. The van der Waals surface area contributed by atoms with Gasteiger partial charge in [-0.25, -0.2) is 9.97 Å². The maximum atomic E-state index is 6.24. The predicted octanol–water partition coefficient (Wildman–Crippen LogP) is 5.63. The van der Waals surface area contributed by atoms with Gasteiger partial charge in [-0.3, -0.25) is 0 Å². The Morgan fingerprint density at radius 2 is 1.89 bits per heavy atom. The van der Waals surface area contributed by atoms with Crippen LogP contribution in [0.3, 0.4) is 0 Å². The summed E-state index contributed by atoms with van der Waals surface area (Å²) in [6.07, 6.45) is 0. The molecule has 0 spiro atoms. The van der Waals surface area contributed by atoms with Crippen molar-refractivity contribution in [2.75, 3.05) is 0 Å². The first-order chi connectivity index (χ1) is 9.08. The molecule has 1 aromatic carbocycles. The molecule has 0 aliphatic rings. The Morgan fingerprint density at radius 3 is 2.58 bits per heavy atom. The molecule has 0 radical (unpaired) electrons. The Morgan fingerprint density at radius 1 is 1.11 bits per heavy atom. The number of aromatic nitrogens is 2. The van der Waals surface area contributed by atoms with E-state index in [4.69, 9.17) is 34.8 Å². The number of halogens is 3. The number of benzene rings is 1. The van der Waals surface area contributed by atoms with Crippen molar-refractivity contribution in [1.29, 1.82) is 0 Å². The Kier molecular flexibility index (Phi) is 3.39. The van der Waals surface area contributed by atoms with E-state index in [1.807, 2.05) is 24.4 Å². The highest BCUT2D eigenvalue weighted by Crippen LogP contribution is 2.37. The molecule has 0 fully saturated rings. The Bertz CT molecular complexity index is 783. The molecule has 0 aliphatic heterocycles. The SMILES string of the molecule is Cc1csc(-c2nc(Cl)c3cccc(Cl)c3n2)c1Cl. The van der Waals surface area contributed by atoms with Gasteiger partial charge in [-0.15, -0.1) is 11.3 Å². The Balaban J connectivity index is 2.32. The number of hydrogen-bond acceptors (Lipinski definition) is 3. The number of thiophene rings is 1. The van der Waals surface area contributed by atoms with Crippen molar-refractivity contribution < 1.29 is 0 Å². The minimum atomic E-state index is 0.379. The van der Waals surface area contributed by atoms with E-state index in [9.17, 15) is 0 Å². The normalized spacial score (nSPS) is 11.2. The van der Waals surface area contributed by atoms with Gasteiger partial charge < -0.3 is 0 Å². The lowest BCUT2D eigenvalue weighted by atomic mass is 10.2. The first kappa shape index (κ1) is 13.1. The molecule has 3 rings (SSSR count). The van der Waals surface area contributed by atoms with Gasteiger partial charge in [0.2, 0.25) is 0 Å². The molecule has 0 N–H and O–H groups in total. The molecule has 2 nitrogen and oxygen atoms in total.